The minimum absolute atomic E-state index is 0.145. The van der Waals surface area contributed by atoms with E-state index in [1.165, 1.54) is 6.07 Å². The normalized spacial score (nSPS) is 11.2. The van der Waals surface area contributed by atoms with Gasteiger partial charge in [-0.3, -0.25) is 4.79 Å². The van der Waals surface area contributed by atoms with Gasteiger partial charge >= 0.3 is 0 Å². The van der Waals surface area contributed by atoms with E-state index < -0.39 is 11.6 Å². The number of hydrogen-bond acceptors (Lipinski definition) is 2. The fraction of sp³-hybridized carbons (Fsp3) is 0.435. The average Bonchev–Trinajstić information content (AvgIpc) is 2.56. The van der Waals surface area contributed by atoms with Crippen molar-refractivity contribution in [3.05, 3.63) is 59.2 Å². The quantitative estimate of drug-likeness (QED) is 0.641. The van der Waals surface area contributed by atoms with Crippen molar-refractivity contribution in [2.24, 2.45) is 11.8 Å². The fourth-order valence-corrected chi connectivity index (χ4v) is 3.21. The summed E-state index contributed by atoms with van der Waals surface area (Å²) in [6, 6.07) is 9.25. The lowest BCUT2D eigenvalue weighted by molar-refractivity contribution is -0.115. The van der Waals surface area contributed by atoms with Crippen LogP contribution in [0.4, 0.5) is 20.2 Å². The molecule has 152 valence electrons. The molecular formula is C23H30F2N2O. The number of rotatable bonds is 8. The standard InChI is InChI=1S/C23H30F2N2O/c1-15(2)13-27(14-16(3)4)22-9-6-17(5)10-21(22)26-23(28)11-18-7-8-19(24)12-20(18)25/h6-10,12,15-16H,11,13-14H2,1-5H3,(H,26,28). The second-order valence-corrected chi connectivity index (χ2v) is 8.17. The number of nitrogens with zero attached hydrogens (tertiary/aromatic N) is 1. The molecule has 5 heteroatoms. The lowest BCUT2D eigenvalue weighted by atomic mass is 10.1. The van der Waals surface area contributed by atoms with E-state index in [1.54, 1.807) is 0 Å². The summed E-state index contributed by atoms with van der Waals surface area (Å²) in [5.41, 5.74) is 2.88. The molecule has 0 fully saturated rings. The average molecular weight is 389 g/mol. The molecule has 0 aliphatic carbocycles. The van der Waals surface area contributed by atoms with E-state index in [9.17, 15) is 13.6 Å². The molecule has 1 amide bonds. The smallest absolute Gasteiger partial charge is 0.228 e. The van der Waals surface area contributed by atoms with Gasteiger partial charge in [0.1, 0.15) is 11.6 Å². The lowest BCUT2D eigenvalue weighted by Gasteiger charge is -2.30. The van der Waals surface area contributed by atoms with E-state index in [-0.39, 0.29) is 17.9 Å². The van der Waals surface area contributed by atoms with Crippen LogP contribution in [0.25, 0.3) is 0 Å². The van der Waals surface area contributed by atoms with Gasteiger partial charge in [-0.15, -0.1) is 0 Å². The van der Waals surface area contributed by atoms with Gasteiger partial charge in [-0.1, -0.05) is 39.8 Å². The second kappa shape index (κ2) is 9.67. The van der Waals surface area contributed by atoms with Crippen molar-refractivity contribution in [1.29, 1.82) is 0 Å². The van der Waals surface area contributed by atoms with Gasteiger partial charge in [0, 0.05) is 19.2 Å². The Kier molecular flexibility index (Phi) is 7.55. The van der Waals surface area contributed by atoms with Crippen LogP contribution in [-0.2, 0) is 11.2 Å². The van der Waals surface area contributed by atoms with Crippen molar-refractivity contribution in [2.45, 2.75) is 41.0 Å². The van der Waals surface area contributed by atoms with Crippen molar-refractivity contribution in [3.63, 3.8) is 0 Å². The molecular weight excluding hydrogens is 358 g/mol. The monoisotopic (exact) mass is 388 g/mol. The maximum Gasteiger partial charge on any atom is 0.228 e. The van der Waals surface area contributed by atoms with Crippen LogP contribution < -0.4 is 10.2 Å². The van der Waals surface area contributed by atoms with Crippen LogP contribution in [0.2, 0.25) is 0 Å². The first kappa shape index (κ1) is 21.9. The summed E-state index contributed by atoms with van der Waals surface area (Å²) in [5, 5.41) is 2.93. The van der Waals surface area contributed by atoms with E-state index in [0.29, 0.717) is 17.5 Å². The van der Waals surface area contributed by atoms with Crippen LogP contribution in [0, 0.1) is 30.4 Å². The Hall–Kier alpha value is -2.43. The van der Waals surface area contributed by atoms with Crippen LogP contribution in [0.1, 0.15) is 38.8 Å². The molecule has 0 bridgehead atoms. The van der Waals surface area contributed by atoms with Gasteiger partial charge in [0.2, 0.25) is 5.91 Å². The first-order valence-corrected chi connectivity index (χ1v) is 9.75. The third-order valence-corrected chi connectivity index (χ3v) is 4.30. The molecule has 0 unspecified atom stereocenters. The molecule has 0 heterocycles. The van der Waals surface area contributed by atoms with Crippen molar-refractivity contribution >= 4 is 17.3 Å². The largest absolute Gasteiger partial charge is 0.369 e. The van der Waals surface area contributed by atoms with Crippen LogP contribution >= 0.6 is 0 Å². The first-order valence-electron chi connectivity index (χ1n) is 9.75. The second-order valence-electron chi connectivity index (χ2n) is 8.17. The van der Waals surface area contributed by atoms with E-state index in [2.05, 4.69) is 37.9 Å². The highest BCUT2D eigenvalue weighted by molar-refractivity contribution is 5.95. The molecule has 3 nitrogen and oxygen atoms in total. The van der Waals surface area contributed by atoms with Crippen molar-refractivity contribution < 1.29 is 13.6 Å². The van der Waals surface area contributed by atoms with Gasteiger partial charge in [-0.2, -0.15) is 0 Å². The molecule has 0 saturated carbocycles. The zero-order valence-electron chi connectivity index (χ0n) is 17.4. The Morgan fingerprint density at radius 2 is 1.64 bits per heavy atom. The highest BCUT2D eigenvalue weighted by Gasteiger charge is 2.17. The number of carbonyl (C=O) groups excluding carboxylic acids is 1. The summed E-state index contributed by atoms with van der Waals surface area (Å²) in [6.07, 6.45) is -0.145. The van der Waals surface area contributed by atoms with E-state index in [4.69, 9.17) is 0 Å². The number of anilines is 2. The van der Waals surface area contributed by atoms with Gasteiger partial charge in [0.15, 0.2) is 0 Å². The summed E-state index contributed by atoms with van der Waals surface area (Å²) in [5.74, 6) is -0.748. The number of benzene rings is 2. The van der Waals surface area contributed by atoms with Gasteiger partial charge < -0.3 is 10.2 Å². The first-order chi connectivity index (χ1) is 13.2. The Morgan fingerprint density at radius 1 is 1.00 bits per heavy atom. The summed E-state index contributed by atoms with van der Waals surface area (Å²) in [6.45, 7) is 12.4. The van der Waals surface area contributed by atoms with Gasteiger partial charge in [0.05, 0.1) is 17.8 Å². The molecule has 0 spiro atoms. The molecule has 0 atom stereocenters. The Balaban J connectivity index is 2.26. The summed E-state index contributed by atoms with van der Waals surface area (Å²) in [7, 11) is 0. The lowest BCUT2D eigenvalue weighted by Crippen LogP contribution is -2.32. The minimum Gasteiger partial charge on any atom is -0.369 e. The summed E-state index contributed by atoms with van der Waals surface area (Å²) >= 11 is 0. The zero-order valence-corrected chi connectivity index (χ0v) is 17.4. The topological polar surface area (TPSA) is 32.3 Å². The summed E-state index contributed by atoms with van der Waals surface area (Å²) < 4.78 is 27.0. The minimum atomic E-state index is -0.708. The Bertz CT molecular complexity index is 808. The van der Waals surface area contributed by atoms with Gasteiger partial charge in [0.25, 0.3) is 0 Å². The van der Waals surface area contributed by atoms with E-state index in [0.717, 1.165) is 36.5 Å². The maximum absolute atomic E-state index is 13.9. The Morgan fingerprint density at radius 3 is 2.21 bits per heavy atom. The number of nitrogens with one attached hydrogen (secondary N) is 1. The number of aryl methyl sites for hydroxylation is 1. The molecule has 1 N–H and O–H groups in total. The van der Waals surface area contributed by atoms with Crippen LogP contribution in [0.15, 0.2) is 36.4 Å². The predicted octanol–water partition coefficient (Wildman–Crippen LogP) is 5.57. The zero-order chi connectivity index (χ0) is 20.8. The van der Waals surface area contributed by atoms with Gasteiger partial charge in [-0.25, -0.2) is 8.78 Å². The molecule has 2 aromatic rings. The summed E-state index contributed by atoms with van der Waals surface area (Å²) in [4.78, 5) is 14.8. The number of halogens is 2. The predicted molar refractivity (Wildman–Crippen MR) is 112 cm³/mol. The third-order valence-electron chi connectivity index (χ3n) is 4.30. The van der Waals surface area contributed by atoms with Crippen LogP contribution in [0.3, 0.4) is 0 Å². The number of carbonyl (C=O) groups is 1. The highest BCUT2D eigenvalue weighted by atomic mass is 19.1. The van der Waals surface area contributed by atoms with Crippen molar-refractivity contribution in [2.75, 3.05) is 23.3 Å². The molecule has 0 saturated heterocycles. The molecule has 28 heavy (non-hydrogen) atoms. The highest BCUT2D eigenvalue weighted by Crippen LogP contribution is 2.29. The molecule has 0 aliphatic rings. The van der Waals surface area contributed by atoms with Gasteiger partial charge in [-0.05, 0) is 48.1 Å². The van der Waals surface area contributed by atoms with Crippen molar-refractivity contribution in [3.8, 4) is 0 Å². The number of amides is 1. The fourth-order valence-electron chi connectivity index (χ4n) is 3.21. The maximum atomic E-state index is 13.9. The third kappa shape index (κ3) is 6.32. The molecule has 0 aromatic heterocycles. The molecule has 2 aromatic carbocycles. The van der Waals surface area contributed by atoms with Crippen LogP contribution in [0.5, 0.6) is 0 Å². The SMILES string of the molecule is Cc1ccc(N(CC(C)C)CC(C)C)c(NC(=O)Cc2ccc(F)cc2F)c1. The molecule has 2 rings (SSSR count). The molecule has 0 aliphatic heterocycles. The van der Waals surface area contributed by atoms with E-state index >= 15 is 0 Å². The van der Waals surface area contributed by atoms with E-state index in [1.807, 2.05) is 25.1 Å². The van der Waals surface area contributed by atoms with Crippen LogP contribution in [-0.4, -0.2) is 19.0 Å². The number of hydrogen-bond donors (Lipinski definition) is 1. The Labute approximate surface area is 166 Å². The molecule has 0 radical (unpaired) electrons. The van der Waals surface area contributed by atoms with Crippen molar-refractivity contribution in [1.82, 2.24) is 0 Å².